The van der Waals surface area contributed by atoms with Crippen LogP contribution in [0.1, 0.15) is 34.5 Å². The van der Waals surface area contributed by atoms with E-state index in [2.05, 4.69) is 30.0 Å². The number of nitriles is 1. The lowest BCUT2D eigenvalue weighted by molar-refractivity contribution is 0.502. The van der Waals surface area contributed by atoms with E-state index < -0.39 is 0 Å². The Labute approximate surface area is 141 Å². The number of hydrogen-bond donors (Lipinski definition) is 0. The third-order valence-electron chi connectivity index (χ3n) is 4.26. The minimum atomic E-state index is 0.662. The fourth-order valence-corrected chi connectivity index (χ4v) is 4.07. The first-order valence-electron chi connectivity index (χ1n) is 7.95. The molecule has 0 saturated carbocycles. The van der Waals surface area contributed by atoms with E-state index in [1.807, 2.05) is 32.3 Å². The summed E-state index contributed by atoms with van der Waals surface area (Å²) in [5, 5.41) is 10.4. The number of aryl methyl sites for hydroxylation is 1. The SMILES string of the molecule is CC1CCc2nc(/C(C#N)=C\c3ccc(N(C)C)cc3)sc2C1. The molecule has 23 heavy (non-hydrogen) atoms. The molecule has 1 aromatic carbocycles. The van der Waals surface area contributed by atoms with E-state index in [0.29, 0.717) is 5.57 Å². The molecule has 1 aromatic heterocycles. The number of fused-ring (bicyclic) bond motifs is 1. The molecule has 0 bridgehead atoms. The largest absolute Gasteiger partial charge is 0.378 e. The summed E-state index contributed by atoms with van der Waals surface area (Å²) in [6.45, 7) is 2.29. The number of allylic oxidation sites excluding steroid dienone is 1. The van der Waals surface area contributed by atoms with Gasteiger partial charge in [0.25, 0.3) is 0 Å². The van der Waals surface area contributed by atoms with Crippen molar-refractivity contribution >= 4 is 28.7 Å². The van der Waals surface area contributed by atoms with Gasteiger partial charge in [-0.25, -0.2) is 4.98 Å². The summed E-state index contributed by atoms with van der Waals surface area (Å²) in [7, 11) is 4.04. The van der Waals surface area contributed by atoms with Crippen LogP contribution >= 0.6 is 11.3 Å². The third kappa shape index (κ3) is 3.46. The van der Waals surface area contributed by atoms with E-state index in [1.165, 1.54) is 17.0 Å². The summed E-state index contributed by atoms with van der Waals surface area (Å²) in [4.78, 5) is 8.15. The summed E-state index contributed by atoms with van der Waals surface area (Å²) in [5.41, 5.74) is 4.05. The number of thiazole rings is 1. The van der Waals surface area contributed by atoms with Crippen molar-refractivity contribution < 1.29 is 0 Å². The summed E-state index contributed by atoms with van der Waals surface area (Å²) >= 11 is 1.69. The van der Waals surface area contributed by atoms with Gasteiger partial charge < -0.3 is 4.90 Å². The highest BCUT2D eigenvalue weighted by Gasteiger charge is 2.20. The molecular formula is C19H21N3S. The third-order valence-corrected chi connectivity index (χ3v) is 5.41. The highest BCUT2D eigenvalue weighted by molar-refractivity contribution is 7.13. The molecule has 118 valence electrons. The van der Waals surface area contributed by atoms with E-state index in [4.69, 9.17) is 4.98 Å². The van der Waals surface area contributed by atoms with Crippen LogP contribution in [0.15, 0.2) is 24.3 Å². The second-order valence-electron chi connectivity index (χ2n) is 6.39. The number of rotatable bonds is 3. The highest BCUT2D eigenvalue weighted by Crippen LogP contribution is 2.33. The number of benzene rings is 1. The number of aromatic nitrogens is 1. The molecule has 0 amide bonds. The first-order valence-corrected chi connectivity index (χ1v) is 8.76. The zero-order valence-electron chi connectivity index (χ0n) is 13.8. The van der Waals surface area contributed by atoms with Crippen molar-refractivity contribution in [3.05, 3.63) is 45.4 Å². The second-order valence-corrected chi connectivity index (χ2v) is 7.48. The maximum atomic E-state index is 9.54. The summed E-state index contributed by atoms with van der Waals surface area (Å²) in [6.07, 6.45) is 5.29. The summed E-state index contributed by atoms with van der Waals surface area (Å²) in [6, 6.07) is 10.5. The Morgan fingerprint density at radius 1 is 1.35 bits per heavy atom. The highest BCUT2D eigenvalue weighted by atomic mass is 32.1. The van der Waals surface area contributed by atoms with Gasteiger partial charge >= 0.3 is 0 Å². The fraction of sp³-hybridized carbons (Fsp3) is 0.368. The average molecular weight is 323 g/mol. The van der Waals surface area contributed by atoms with Crippen LogP contribution in [-0.4, -0.2) is 19.1 Å². The number of nitrogens with zero attached hydrogens (tertiary/aromatic N) is 3. The quantitative estimate of drug-likeness (QED) is 0.786. The van der Waals surface area contributed by atoms with Crippen molar-refractivity contribution in [3.8, 4) is 6.07 Å². The molecule has 0 aliphatic heterocycles. The molecule has 2 aromatic rings. The molecule has 3 nitrogen and oxygen atoms in total. The molecule has 1 unspecified atom stereocenters. The first-order chi connectivity index (χ1) is 11.1. The van der Waals surface area contributed by atoms with Gasteiger partial charge in [0.2, 0.25) is 0 Å². The van der Waals surface area contributed by atoms with Crippen molar-refractivity contribution in [3.63, 3.8) is 0 Å². The Hall–Kier alpha value is -2.12. The minimum absolute atomic E-state index is 0.662. The van der Waals surface area contributed by atoms with E-state index in [1.54, 1.807) is 11.3 Å². The van der Waals surface area contributed by atoms with Crippen molar-refractivity contribution in [1.82, 2.24) is 4.98 Å². The van der Waals surface area contributed by atoms with Crippen LogP contribution in [-0.2, 0) is 12.8 Å². The average Bonchev–Trinajstić information content (AvgIpc) is 2.95. The minimum Gasteiger partial charge on any atom is -0.378 e. The van der Waals surface area contributed by atoms with Crippen molar-refractivity contribution in [2.75, 3.05) is 19.0 Å². The van der Waals surface area contributed by atoms with Crippen molar-refractivity contribution in [2.24, 2.45) is 5.92 Å². The molecule has 1 aliphatic rings. The Balaban J connectivity index is 1.89. The van der Waals surface area contributed by atoms with E-state index in [9.17, 15) is 5.26 Å². The van der Waals surface area contributed by atoms with Gasteiger partial charge in [0, 0.05) is 24.7 Å². The van der Waals surface area contributed by atoms with Crippen LogP contribution in [0.5, 0.6) is 0 Å². The standard InChI is InChI=1S/C19H21N3S/c1-13-4-9-17-18(10-13)23-19(21-17)15(12-20)11-14-5-7-16(8-6-14)22(2)3/h5-8,11,13H,4,9-10H2,1-3H3/b15-11-. The molecule has 0 radical (unpaired) electrons. The maximum Gasteiger partial charge on any atom is 0.134 e. The molecular weight excluding hydrogens is 302 g/mol. The van der Waals surface area contributed by atoms with Gasteiger partial charge in [-0.15, -0.1) is 11.3 Å². The zero-order chi connectivity index (χ0) is 16.4. The maximum absolute atomic E-state index is 9.54. The summed E-state index contributed by atoms with van der Waals surface area (Å²) in [5.74, 6) is 0.726. The summed E-state index contributed by atoms with van der Waals surface area (Å²) < 4.78 is 0. The van der Waals surface area contributed by atoms with Gasteiger partial charge in [-0.3, -0.25) is 0 Å². The van der Waals surface area contributed by atoms with Crippen LogP contribution in [0.2, 0.25) is 0 Å². The van der Waals surface area contributed by atoms with E-state index >= 15 is 0 Å². The lowest BCUT2D eigenvalue weighted by atomic mass is 9.93. The van der Waals surface area contributed by atoms with Crippen LogP contribution in [0, 0.1) is 17.2 Å². The monoisotopic (exact) mass is 323 g/mol. The van der Waals surface area contributed by atoms with Gasteiger partial charge in [-0.2, -0.15) is 5.26 Å². The van der Waals surface area contributed by atoms with Crippen LogP contribution in [0.4, 0.5) is 5.69 Å². The number of anilines is 1. The molecule has 0 spiro atoms. The van der Waals surface area contributed by atoms with Crippen molar-refractivity contribution in [1.29, 1.82) is 5.26 Å². The number of hydrogen-bond acceptors (Lipinski definition) is 4. The Bertz CT molecular complexity index is 763. The van der Waals surface area contributed by atoms with Gasteiger partial charge in [0.15, 0.2) is 0 Å². The lowest BCUT2D eigenvalue weighted by Gasteiger charge is -2.15. The smallest absolute Gasteiger partial charge is 0.134 e. The normalized spacial score (nSPS) is 17.5. The Morgan fingerprint density at radius 3 is 2.74 bits per heavy atom. The van der Waals surface area contributed by atoms with Gasteiger partial charge in [0.1, 0.15) is 11.1 Å². The van der Waals surface area contributed by atoms with Crippen LogP contribution < -0.4 is 4.90 Å². The zero-order valence-corrected chi connectivity index (χ0v) is 14.7. The Kier molecular flexibility index (Phi) is 4.49. The Morgan fingerprint density at radius 2 is 2.09 bits per heavy atom. The predicted molar refractivity (Wildman–Crippen MR) is 97.6 cm³/mol. The molecule has 4 heteroatoms. The lowest BCUT2D eigenvalue weighted by Crippen LogP contribution is -2.09. The van der Waals surface area contributed by atoms with E-state index in [0.717, 1.165) is 35.0 Å². The fourth-order valence-electron chi connectivity index (χ4n) is 2.83. The van der Waals surface area contributed by atoms with Crippen molar-refractivity contribution in [2.45, 2.75) is 26.2 Å². The van der Waals surface area contributed by atoms with E-state index in [-0.39, 0.29) is 0 Å². The molecule has 1 aliphatic carbocycles. The topological polar surface area (TPSA) is 39.9 Å². The molecule has 0 saturated heterocycles. The molecule has 0 N–H and O–H groups in total. The molecule has 0 fully saturated rings. The van der Waals surface area contributed by atoms with Crippen LogP contribution in [0.25, 0.3) is 11.6 Å². The van der Waals surface area contributed by atoms with Gasteiger partial charge in [-0.1, -0.05) is 19.1 Å². The van der Waals surface area contributed by atoms with Gasteiger partial charge in [0.05, 0.1) is 11.3 Å². The molecule has 1 atom stereocenters. The predicted octanol–water partition coefficient (Wildman–Crippen LogP) is 4.40. The molecule has 1 heterocycles. The van der Waals surface area contributed by atoms with Crippen LogP contribution in [0.3, 0.4) is 0 Å². The van der Waals surface area contributed by atoms with Gasteiger partial charge in [-0.05, 0) is 49.0 Å². The first kappa shape index (κ1) is 15.8. The molecule has 3 rings (SSSR count). The second kappa shape index (κ2) is 6.55.